The second-order valence-corrected chi connectivity index (χ2v) is 4.95. The van der Waals surface area contributed by atoms with Crippen LogP contribution in [-0.2, 0) is 0 Å². The normalized spacial score (nSPS) is 33.9. The fourth-order valence-electron chi connectivity index (χ4n) is 3.07. The number of piperidine rings is 1. The fraction of sp³-hybridized carbons (Fsp3) is 0.615. The van der Waals surface area contributed by atoms with Crippen molar-refractivity contribution in [3.8, 4) is 5.75 Å². The Balaban J connectivity index is 1.66. The van der Waals surface area contributed by atoms with Crippen LogP contribution in [0.3, 0.4) is 0 Å². The van der Waals surface area contributed by atoms with Gasteiger partial charge in [0, 0.05) is 18.3 Å². The van der Waals surface area contributed by atoms with Crippen molar-refractivity contribution < 1.29 is 4.74 Å². The van der Waals surface area contributed by atoms with E-state index in [-0.39, 0.29) is 0 Å². The van der Waals surface area contributed by atoms with Crippen molar-refractivity contribution >= 4 is 0 Å². The molecule has 2 bridgehead atoms. The Hall–Kier alpha value is -1.09. The van der Waals surface area contributed by atoms with Gasteiger partial charge in [0.05, 0.1) is 6.20 Å². The average Bonchev–Trinajstić information content (AvgIpc) is 2.54. The number of hydrogen-bond donors (Lipinski definition) is 0. The molecular weight excluding hydrogens is 200 g/mol. The van der Waals surface area contributed by atoms with Crippen LogP contribution < -0.4 is 4.74 Å². The summed E-state index contributed by atoms with van der Waals surface area (Å²) in [5, 5.41) is 0. The highest BCUT2D eigenvalue weighted by Crippen LogP contribution is 2.35. The number of nitrogens with zero attached hydrogens (tertiary/aromatic N) is 2. The van der Waals surface area contributed by atoms with Gasteiger partial charge in [-0.05, 0) is 44.9 Å². The van der Waals surface area contributed by atoms with Crippen LogP contribution in [0.1, 0.15) is 25.7 Å². The molecule has 86 valence electrons. The number of fused-ring (bicyclic) bond motifs is 2. The zero-order chi connectivity index (χ0) is 11.0. The van der Waals surface area contributed by atoms with Crippen LogP contribution in [0.5, 0.6) is 5.75 Å². The molecule has 2 aliphatic heterocycles. The summed E-state index contributed by atoms with van der Waals surface area (Å²) in [4.78, 5) is 6.61. The molecule has 3 heterocycles. The second kappa shape index (κ2) is 4.06. The third-order valence-corrected chi connectivity index (χ3v) is 3.99. The first-order chi connectivity index (χ1) is 7.83. The smallest absolute Gasteiger partial charge is 0.137 e. The van der Waals surface area contributed by atoms with Gasteiger partial charge in [0.1, 0.15) is 11.9 Å². The fourth-order valence-corrected chi connectivity index (χ4v) is 3.07. The first-order valence-electron chi connectivity index (χ1n) is 6.11. The second-order valence-electron chi connectivity index (χ2n) is 4.95. The van der Waals surface area contributed by atoms with Crippen LogP contribution in [0.25, 0.3) is 0 Å². The Morgan fingerprint density at radius 2 is 2.06 bits per heavy atom. The minimum Gasteiger partial charge on any atom is -0.489 e. The van der Waals surface area contributed by atoms with Crippen LogP contribution in [0.15, 0.2) is 24.5 Å². The van der Waals surface area contributed by atoms with Crippen molar-refractivity contribution in [2.24, 2.45) is 0 Å². The van der Waals surface area contributed by atoms with Crippen molar-refractivity contribution in [1.29, 1.82) is 0 Å². The third kappa shape index (κ3) is 1.80. The van der Waals surface area contributed by atoms with Gasteiger partial charge in [-0.2, -0.15) is 0 Å². The summed E-state index contributed by atoms with van der Waals surface area (Å²) in [6.45, 7) is 0. The standard InChI is InChI=1S/C13H18N2O/c1-15-10-4-5-11(15)8-13(7-10)16-12-3-2-6-14-9-12/h2-3,6,9-11,13H,4-5,7-8H2,1H3. The third-order valence-electron chi connectivity index (χ3n) is 3.99. The molecule has 2 saturated heterocycles. The molecule has 2 fully saturated rings. The van der Waals surface area contributed by atoms with E-state index in [0.717, 1.165) is 17.8 Å². The van der Waals surface area contributed by atoms with Gasteiger partial charge in [0.25, 0.3) is 0 Å². The Morgan fingerprint density at radius 1 is 1.31 bits per heavy atom. The molecule has 2 aliphatic rings. The van der Waals surface area contributed by atoms with Crippen molar-refractivity contribution in [2.75, 3.05) is 7.05 Å². The van der Waals surface area contributed by atoms with Gasteiger partial charge in [-0.3, -0.25) is 4.98 Å². The van der Waals surface area contributed by atoms with Gasteiger partial charge in [-0.1, -0.05) is 0 Å². The van der Waals surface area contributed by atoms with Crippen LogP contribution in [0.4, 0.5) is 0 Å². The number of pyridine rings is 1. The summed E-state index contributed by atoms with van der Waals surface area (Å²) in [6.07, 6.45) is 9.00. The molecule has 3 heteroatoms. The maximum Gasteiger partial charge on any atom is 0.137 e. The number of rotatable bonds is 2. The average molecular weight is 218 g/mol. The molecule has 16 heavy (non-hydrogen) atoms. The lowest BCUT2D eigenvalue weighted by molar-refractivity contribution is 0.0659. The van der Waals surface area contributed by atoms with E-state index in [1.165, 1.54) is 25.7 Å². The molecule has 0 radical (unpaired) electrons. The number of hydrogen-bond acceptors (Lipinski definition) is 3. The lowest BCUT2D eigenvalue weighted by Gasteiger charge is -2.36. The molecular formula is C13H18N2O. The van der Waals surface area contributed by atoms with E-state index in [1.54, 1.807) is 12.4 Å². The molecule has 2 unspecified atom stereocenters. The highest BCUT2D eigenvalue weighted by atomic mass is 16.5. The molecule has 1 aromatic heterocycles. The summed E-state index contributed by atoms with van der Waals surface area (Å²) in [5.74, 6) is 0.913. The van der Waals surface area contributed by atoms with Gasteiger partial charge in [0.15, 0.2) is 0 Å². The van der Waals surface area contributed by atoms with E-state index >= 15 is 0 Å². The van der Waals surface area contributed by atoms with Gasteiger partial charge in [-0.15, -0.1) is 0 Å². The summed E-state index contributed by atoms with van der Waals surface area (Å²) < 4.78 is 6.00. The molecule has 2 atom stereocenters. The highest BCUT2D eigenvalue weighted by Gasteiger charge is 2.39. The summed E-state index contributed by atoms with van der Waals surface area (Å²) >= 11 is 0. The lowest BCUT2D eigenvalue weighted by atomic mass is 10.0. The van der Waals surface area contributed by atoms with Gasteiger partial charge in [-0.25, -0.2) is 0 Å². The number of ether oxygens (including phenoxy) is 1. The number of aromatic nitrogens is 1. The van der Waals surface area contributed by atoms with Crippen LogP contribution in [0, 0.1) is 0 Å². The topological polar surface area (TPSA) is 25.4 Å². The first kappa shape index (κ1) is 10.1. The zero-order valence-electron chi connectivity index (χ0n) is 9.67. The summed E-state index contributed by atoms with van der Waals surface area (Å²) in [7, 11) is 2.25. The summed E-state index contributed by atoms with van der Waals surface area (Å²) in [6, 6.07) is 5.40. The van der Waals surface area contributed by atoms with E-state index in [2.05, 4.69) is 16.9 Å². The van der Waals surface area contributed by atoms with Gasteiger partial charge >= 0.3 is 0 Å². The van der Waals surface area contributed by atoms with Gasteiger partial charge in [0.2, 0.25) is 0 Å². The molecule has 0 spiro atoms. The Morgan fingerprint density at radius 3 is 2.69 bits per heavy atom. The zero-order valence-corrected chi connectivity index (χ0v) is 9.67. The molecule has 1 aromatic rings. The molecule has 0 saturated carbocycles. The predicted molar refractivity (Wildman–Crippen MR) is 62.5 cm³/mol. The predicted octanol–water partition coefficient (Wildman–Crippen LogP) is 2.09. The molecule has 3 rings (SSSR count). The maximum atomic E-state index is 6.00. The highest BCUT2D eigenvalue weighted by molar-refractivity contribution is 5.16. The Bertz CT molecular complexity index is 340. The van der Waals surface area contributed by atoms with Crippen molar-refractivity contribution in [2.45, 2.75) is 43.9 Å². The first-order valence-corrected chi connectivity index (χ1v) is 6.11. The van der Waals surface area contributed by atoms with E-state index in [9.17, 15) is 0 Å². The molecule has 0 amide bonds. The molecule has 0 aliphatic carbocycles. The molecule has 3 nitrogen and oxygen atoms in total. The minimum atomic E-state index is 0.387. The van der Waals surface area contributed by atoms with Crippen molar-refractivity contribution in [3.63, 3.8) is 0 Å². The monoisotopic (exact) mass is 218 g/mol. The van der Waals surface area contributed by atoms with Crippen LogP contribution in [0.2, 0.25) is 0 Å². The van der Waals surface area contributed by atoms with E-state index < -0.39 is 0 Å². The van der Waals surface area contributed by atoms with E-state index in [1.807, 2.05) is 12.1 Å². The van der Waals surface area contributed by atoms with Crippen molar-refractivity contribution in [3.05, 3.63) is 24.5 Å². The SMILES string of the molecule is CN1C2CCC1CC(Oc1cccnc1)C2. The largest absolute Gasteiger partial charge is 0.489 e. The van der Waals surface area contributed by atoms with Crippen LogP contribution >= 0.6 is 0 Å². The summed E-state index contributed by atoms with van der Waals surface area (Å²) in [5.41, 5.74) is 0. The van der Waals surface area contributed by atoms with Crippen LogP contribution in [-0.4, -0.2) is 35.1 Å². The quantitative estimate of drug-likeness (QED) is 0.760. The minimum absolute atomic E-state index is 0.387. The van der Waals surface area contributed by atoms with Gasteiger partial charge < -0.3 is 9.64 Å². The maximum absolute atomic E-state index is 6.00. The molecule has 0 aromatic carbocycles. The lowest BCUT2D eigenvalue weighted by Crippen LogP contribution is -2.43. The Kier molecular flexibility index (Phi) is 2.56. The van der Waals surface area contributed by atoms with E-state index in [0.29, 0.717) is 6.10 Å². The van der Waals surface area contributed by atoms with E-state index in [4.69, 9.17) is 4.74 Å². The van der Waals surface area contributed by atoms with Crippen molar-refractivity contribution in [1.82, 2.24) is 9.88 Å². The Labute approximate surface area is 96.4 Å². The molecule has 0 N–H and O–H groups in total.